The summed E-state index contributed by atoms with van der Waals surface area (Å²) in [5.41, 5.74) is 0.777. The van der Waals surface area contributed by atoms with Gasteiger partial charge in [0.05, 0.1) is 20.0 Å². The predicted molar refractivity (Wildman–Crippen MR) is 89.7 cm³/mol. The molecule has 0 aliphatic carbocycles. The summed E-state index contributed by atoms with van der Waals surface area (Å²) in [6, 6.07) is -2.70. The van der Waals surface area contributed by atoms with Gasteiger partial charge in [-0.15, -0.1) is 0 Å². The van der Waals surface area contributed by atoms with Gasteiger partial charge in [0.15, 0.2) is 0 Å². The van der Waals surface area contributed by atoms with Gasteiger partial charge in [-0.1, -0.05) is 0 Å². The minimum Gasteiger partial charge on any atom is -0.492 e. The first kappa shape index (κ1) is 21.5. The van der Waals surface area contributed by atoms with Crippen LogP contribution < -0.4 is 10.2 Å². The summed E-state index contributed by atoms with van der Waals surface area (Å²) in [4.78, 5) is 0. The first-order chi connectivity index (χ1) is 10.8. The van der Waals surface area contributed by atoms with Crippen molar-refractivity contribution in [1.29, 1.82) is 0 Å². The largest absolute Gasteiger partial charge is 0.492 e. The SMILES string of the molecule is CCOc1c(I)cc(/C=N/NC(F)(F)C(F)(F)C(F)(F)F)cc1I. The third-order valence-electron chi connectivity index (χ3n) is 2.48. The lowest BCUT2D eigenvalue weighted by Crippen LogP contribution is -2.58. The van der Waals surface area contributed by atoms with Gasteiger partial charge in [-0.3, -0.25) is 0 Å². The van der Waals surface area contributed by atoms with Crippen LogP contribution in [0.3, 0.4) is 0 Å². The Morgan fingerprint density at radius 1 is 1.08 bits per heavy atom. The number of hydrogen-bond donors (Lipinski definition) is 1. The Bertz CT molecular complexity index is 597. The van der Waals surface area contributed by atoms with Crippen LogP contribution in [0.4, 0.5) is 30.7 Å². The quantitative estimate of drug-likeness (QED) is 0.168. The fourth-order valence-corrected chi connectivity index (χ4v) is 3.50. The molecule has 1 rings (SSSR count). The molecule has 0 saturated carbocycles. The van der Waals surface area contributed by atoms with Gasteiger partial charge in [-0.2, -0.15) is 35.8 Å². The lowest BCUT2D eigenvalue weighted by molar-refractivity contribution is -0.361. The van der Waals surface area contributed by atoms with Crippen LogP contribution in [-0.4, -0.2) is 31.0 Å². The van der Waals surface area contributed by atoms with Crippen molar-refractivity contribution in [3.63, 3.8) is 0 Å². The van der Waals surface area contributed by atoms with Crippen molar-refractivity contribution in [3.05, 3.63) is 24.8 Å². The van der Waals surface area contributed by atoms with Gasteiger partial charge in [0.25, 0.3) is 0 Å². The maximum Gasteiger partial charge on any atom is 0.462 e. The van der Waals surface area contributed by atoms with Gasteiger partial charge >= 0.3 is 18.1 Å². The molecule has 3 nitrogen and oxygen atoms in total. The highest BCUT2D eigenvalue weighted by molar-refractivity contribution is 14.1. The van der Waals surface area contributed by atoms with Crippen LogP contribution in [0.1, 0.15) is 12.5 Å². The molecule has 0 heterocycles. The first-order valence-corrected chi connectivity index (χ1v) is 8.23. The Labute approximate surface area is 159 Å². The molecule has 0 aliphatic rings. The molecule has 0 spiro atoms. The van der Waals surface area contributed by atoms with Gasteiger partial charge in [-0.25, -0.2) is 5.43 Å². The summed E-state index contributed by atoms with van der Waals surface area (Å²) in [7, 11) is 0. The normalized spacial score (nSPS) is 13.4. The summed E-state index contributed by atoms with van der Waals surface area (Å²) in [6.45, 7) is 2.15. The third-order valence-corrected chi connectivity index (χ3v) is 4.08. The Hall–Kier alpha value is -0.540. The van der Waals surface area contributed by atoms with E-state index in [2.05, 4.69) is 5.10 Å². The van der Waals surface area contributed by atoms with Crippen LogP contribution in [0.15, 0.2) is 17.2 Å². The number of alkyl halides is 7. The fourth-order valence-electron chi connectivity index (χ4n) is 1.37. The standard InChI is InChI=1S/C12H9F7I2N2O/c1-2-24-9-7(20)3-6(4-8(9)21)5-22-23-12(18,19)10(13,14)11(15,16)17/h3-5,23H,2H2,1H3/b22-5+. The molecule has 136 valence electrons. The third kappa shape index (κ3) is 4.76. The molecule has 0 radical (unpaired) electrons. The Morgan fingerprint density at radius 2 is 1.58 bits per heavy atom. The van der Waals surface area contributed by atoms with Crippen LogP contribution in [-0.2, 0) is 0 Å². The van der Waals surface area contributed by atoms with Crippen molar-refractivity contribution in [2.24, 2.45) is 5.10 Å². The van der Waals surface area contributed by atoms with E-state index in [1.807, 2.05) is 45.2 Å². The maximum absolute atomic E-state index is 13.0. The highest BCUT2D eigenvalue weighted by atomic mass is 127. The van der Waals surface area contributed by atoms with Crippen LogP contribution in [0, 0.1) is 7.14 Å². The van der Waals surface area contributed by atoms with Crippen LogP contribution in [0.25, 0.3) is 0 Å². The van der Waals surface area contributed by atoms with Gasteiger partial charge in [0.1, 0.15) is 5.75 Å². The Morgan fingerprint density at radius 3 is 2.00 bits per heavy atom. The lowest BCUT2D eigenvalue weighted by atomic mass is 10.2. The number of benzene rings is 1. The second-order valence-electron chi connectivity index (χ2n) is 4.26. The molecule has 1 N–H and O–H groups in total. The van der Waals surface area contributed by atoms with Gasteiger partial charge in [0, 0.05) is 0 Å². The minimum absolute atomic E-state index is 0.214. The van der Waals surface area contributed by atoms with Crippen LogP contribution >= 0.6 is 45.2 Å². The second-order valence-corrected chi connectivity index (χ2v) is 6.59. The number of nitrogens with one attached hydrogen (secondary N) is 1. The van der Waals surface area contributed by atoms with E-state index in [4.69, 9.17) is 4.74 Å². The van der Waals surface area contributed by atoms with E-state index in [-0.39, 0.29) is 5.56 Å². The highest BCUT2D eigenvalue weighted by Gasteiger charge is 2.73. The van der Waals surface area contributed by atoms with Crippen molar-refractivity contribution < 1.29 is 35.5 Å². The van der Waals surface area contributed by atoms with Gasteiger partial charge in [0.2, 0.25) is 0 Å². The zero-order valence-corrected chi connectivity index (χ0v) is 16.0. The van der Waals surface area contributed by atoms with Crippen molar-refractivity contribution in [2.45, 2.75) is 25.1 Å². The smallest absolute Gasteiger partial charge is 0.462 e. The number of hydrogen-bond acceptors (Lipinski definition) is 3. The number of hydrazone groups is 1. The molecule has 0 saturated heterocycles. The molecule has 0 amide bonds. The monoisotopic (exact) mass is 584 g/mol. The molecule has 0 bridgehead atoms. The van der Waals surface area contributed by atoms with E-state index in [0.717, 1.165) is 0 Å². The molecule has 0 unspecified atom stereocenters. The summed E-state index contributed by atoms with van der Waals surface area (Å²) < 4.78 is 93.8. The average molecular weight is 584 g/mol. The number of nitrogens with zero attached hydrogens (tertiary/aromatic N) is 1. The van der Waals surface area contributed by atoms with Crippen LogP contribution in [0.2, 0.25) is 0 Å². The topological polar surface area (TPSA) is 33.6 Å². The molecule has 1 aromatic rings. The van der Waals surface area contributed by atoms with E-state index in [1.165, 1.54) is 12.1 Å². The summed E-state index contributed by atoms with van der Waals surface area (Å²) >= 11 is 3.79. The minimum atomic E-state index is -6.41. The Balaban J connectivity index is 2.95. The molecule has 0 aliphatic heterocycles. The van der Waals surface area contributed by atoms with E-state index in [0.29, 0.717) is 31.1 Å². The Kier molecular flexibility index (Phi) is 6.97. The zero-order valence-electron chi connectivity index (χ0n) is 11.7. The predicted octanol–water partition coefficient (Wildman–Crippen LogP) is 5.01. The first-order valence-electron chi connectivity index (χ1n) is 6.08. The lowest BCUT2D eigenvalue weighted by Gasteiger charge is -2.27. The maximum atomic E-state index is 13.0. The number of ether oxygens (including phenoxy) is 1. The van der Waals surface area contributed by atoms with E-state index in [9.17, 15) is 30.7 Å². The summed E-state index contributed by atoms with van der Waals surface area (Å²) in [5, 5.41) is 2.80. The second kappa shape index (κ2) is 7.78. The fraction of sp³-hybridized carbons (Fsp3) is 0.417. The van der Waals surface area contributed by atoms with E-state index >= 15 is 0 Å². The molecule has 0 aromatic heterocycles. The molecular formula is C12H9F7I2N2O. The summed E-state index contributed by atoms with van der Waals surface area (Å²) in [5.74, 6) is -5.73. The molecule has 0 atom stereocenters. The van der Waals surface area contributed by atoms with Crippen LogP contribution in [0.5, 0.6) is 5.75 Å². The molecule has 12 heteroatoms. The van der Waals surface area contributed by atoms with E-state index < -0.39 is 18.1 Å². The average Bonchev–Trinajstić information content (AvgIpc) is 2.41. The van der Waals surface area contributed by atoms with Crippen molar-refractivity contribution >= 4 is 51.4 Å². The van der Waals surface area contributed by atoms with Crippen molar-refractivity contribution in [2.75, 3.05) is 6.61 Å². The van der Waals surface area contributed by atoms with E-state index in [1.54, 1.807) is 6.92 Å². The van der Waals surface area contributed by atoms with Gasteiger partial charge in [-0.05, 0) is 69.8 Å². The number of halogens is 9. The van der Waals surface area contributed by atoms with Gasteiger partial charge < -0.3 is 4.74 Å². The highest BCUT2D eigenvalue weighted by Crippen LogP contribution is 2.45. The molecule has 1 aromatic carbocycles. The molecular weight excluding hydrogens is 575 g/mol. The number of rotatable bonds is 6. The molecule has 24 heavy (non-hydrogen) atoms. The van der Waals surface area contributed by atoms with Crippen molar-refractivity contribution in [1.82, 2.24) is 5.43 Å². The zero-order chi connectivity index (χ0) is 18.8. The van der Waals surface area contributed by atoms with Crippen molar-refractivity contribution in [3.8, 4) is 5.75 Å². The summed E-state index contributed by atoms with van der Waals surface area (Å²) in [6.07, 6.45) is -5.71. The molecule has 0 fully saturated rings.